The number of halogens is 1. The van der Waals surface area contributed by atoms with Gasteiger partial charge in [0.2, 0.25) is 0 Å². The second-order valence-corrected chi connectivity index (χ2v) is 6.18. The van der Waals surface area contributed by atoms with Crippen molar-refractivity contribution in [2.24, 2.45) is 10.9 Å². The summed E-state index contributed by atoms with van der Waals surface area (Å²) >= 11 is 1.47. The molecule has 0 spiro atoms. The minimum atomic E-state index is -0.482. The third kappa shape index (κ3) is 3.13. The van der Waals surface area contributed by atoms with E-state index in [0.29, 0.717) is 4.90 Å². The summed E-state index contributed by atoms with van der Waals surface area (Å²) < 4.78 is 13.5. The molecule has 1 rings (SSSR count). The smallest absolute Gasteiger partial charge is 0.174 e. The fourth-order valence-corrected chi connectivity index (χ4v) is 2.33. The Hall–Kier alpha value is -1.23. The zero-order valence-corrected chi connectivity index (χ0v) is 10.3. The normalized spacial score (nSPS) is 12.9. The first-order chi connectivity index (χ1) is 7.35. The highest BCUT2D eigenvalue weighted by molar-refractivity contribution is 8.00. The maximum atomic E-state index is 13.6. The van der Waals surface area contributed by atoms with Crippen LogP contribution in [0.3, 0.4) is 0 Å². The molecule has 0 aromatic heterocycles. The van der Waals surface area contributed by atoms with Crippen molar-refractivity contribution in [3.63, 3.8) is 0 Å². The van der Waals surface area contributed by atoms with Crippen LogP contribution in [0.5, 0.6) is 0 Å². The van der Waals surface area contributed by atoms with E-state index in [1.54, 1.807) is 12.1 Å². The number of amidine groups is 1. The molecule has 0 unspecified atom stereocenters. The van der Waals surface area contributed by atoms with Crippen molar-refractivity contribution >= 4 is 17.6 Å². The van der Waals surface area contributed by atoms with Crippen LogP contribution in [0.15, 0.2) is 28.3 Å². The summed E-state index contributed by atoms with van der Waals surface area (Å²) in [6.07, 6.45) is 0. The lowest BCUT2D eigenvalue weighted by atomic mass is 10.2. The molecule has 0 amide bonds. The van der Waals surface area contributed by atoms with Gasteiger partial charge in [-0.25, -0.2) is 4.39 Å². The van der Waals surface area contributed by atoms with Crippen LogP contribution in [0.1, 0.15) is 26.3 Å². The lowest BCUT2D eigenvalue weighted by Crippen LogP contribution is -2.18. The monoisotopic (exact) mass is 242 g/mol. The van der Waals surface area contributed by atoms with Gasteiger partial charge < -0.3 is 10.9 Å². The predicted octanol–water partition coefficient (Wildman–Crippen LogP) is 2.81. The second-order valence-electron chi connectivity index (χ2n) is 4.31. The summed E-state index contributed by atoms with van der Waals surface area (Å²) in [7, 11) is 0. The Kier molecular flexibility index (Phi) is 3.80. The van der Waals surface area contributed by atoms with Gasteiger partial charge in [0, 0.05) is 9.64 Å². The summed E-state index contributed by atoms with van der Waals surface area (Å²) in [6.45, 7) is 6.04. The lowest BCUT2D eigenvalue weighted by Gasteiger charge is -2.19. The Morgan fingerprint density at radius 2 is 2.06 bits per heavy atom. The van der Waals surface area contributed by atoms with Crippen molar-refractivity contribution in [3.05, 3.63) is 29.6 Å². The van der Waals surface area contributed by atoms with Gasteiger partial charge >= 0.3 is 0 Å². The highest BCUT2D eigenvalue weighted by atomic mass is 32.2. The van der Waals surface area contributed by atoms with Crippen molar-refractivity contribution in [1.82, 2.24) is 0 Å². The summed E-state index contributed by atoms with van der Waals surface area (Å²) in [5, 5.41) is 11.5. The highest BCUT2D eigenvalue weighted by Gasteiger charge is 2.19. The van der Waals surface area contributed by atoms with Gasteiger partial charge in [-0.2, -0.15) is 0 Å². The van der Waals surface area contributed by atoms with Crippen LogP contribution in [0.2, 0.25) is 0 Å². The van der Waals surface area contributed by atoms with Crippen molar-refractivity contribution in [1.29, 1.82) is 0 Å². The zero-order valence-electron chi connectivity index (χ0n) is 9.49. The van der Waals surface area contributed by atoms with E-state index in [0.717, 1.165) is 0 Å². The maximum Gasteiger partial charge on any atom is 0.174 e. The molecule has 0 heterocycles. The number of hydrogen-bond acceptors (Lipinski definition) is 3. The van der Waals surface area contributed by atoms with E-state index in [9.17, 15) is 4.39 Å². The Morgan fingerprint density at radius 1 is 1.44 bits per heavy atom. The Bertz CT molecular complexity index is 413. The molecule has 1 aromatic rings. The molecule has 3 nitrogen and oxygen atoms in total. The van der Waals surface area contributed by atoms with E-state index < -0.39 is 5.82 Å². The van der Waals surface area contributed by atoms with Crippen LogP contribution < -0.4 is 5.73 Å². The van der Waals surface area contributed by atoms with E-state index in [1.807, 2.05) is 20.8 Å². The standard InChI is InChI=1S/C11H15FN2OS/c1-11(2,3)16-8-6-4-5-7(12)9(8)10(13)14-15/h4-6,15H,1-3H3,(H2,13,14). The third-order valence-electron chi connectivity index (χ3n) is 1.76. The molecule has 0 fully saturated rings. The van der Waals surface area contributed by atoms with E-state index in [4.69, 9.17) is 10.9 Å². The van der Waals surface area contributed by atoms with Gasteiger partial charge in [0.1, 0.15) is 5.82 Å². The van der Waals surface area contributed by atoms with Crippen LogP contribution >= 0.6 is 11.8 Å². The fourth-order valence-electron chi connectivity index (χ4n) is 1.22. The number of thioether (sulfide) groups is 1. The van der Waals surface area contributed by atoms with Crippen molar-refractivity contribution < 1.29 is 9.60 Å². The van der Waals surface area contributed by atoms with E-state index in [-0.39, 0.29) is 16.1 Å². The Labute approximate surface area is 98.5 Å². The minimum Gasteiger partial charge on any atom is -0.409 e. The lowest BCUT2D eigenvalue weighted by molar-refractivity contribution is 0.318. The second kappa shape index (κ2) is 4.74. The molecular weight excluding hydrogens is 227 g/mol. The molecule has 0 aliphatic carbocycles. The van der Waals surface area contributed by atoms with E-state index in [1.165, 1.54) is 17.8 Å². The van der Waals surface area contributed by atoms with Gasteiger partial charge in [-0.1, -0.05) is 32.0 Å². The molecule has 88 valence electrons. The molecule has 0 saturated heterocycles. The molecule has 16 heavy (non-hydrogen) atoms. The molecule has 0 bridgehead atoms. The molecule has 1 aromatic carbocycles. The molecule has 0 aliphatic rings. The number of nitrogens with zero attached hydrogens (tertiary/aromatic N) is 1. The van der Waals surface area contributed by atoms with Gasteiger partial charge in [-0.15, -0.1) is 11.8 Å². The number of benzene rings is 1. The number of oxime groups is 1. The fraction of sp³-hybridized carbons (Fsp3) is 0.364. The van der Waals surface area contributed by atoms with Crippen molar-refractivity contribution in [2.75, 3.05) is 0 Å². The number of hydrogen-bond donors (Lipinski definition) is 2. The topological polar surface area (TPSA) is 58.6 Å². The third-order valence-corrected chi connectivity index (χ3v) is 2.93. The number of nitrogens with two attached hydrogens (primary N) is 1. The van der Waals surface area contributed by atoms with Crippen molar-refractivity contribution in [3.8, 4) is 0 Å². The highest BCUT2D eigenvalue weighted by Crippen LogP contribution is 2.34. The molecule has 0 saturated carbocycles. The summed E-state index contributed by atoms with van der Waals surface area (Å²) in [5.41, 5.74) is 5.62. The van der Waals surface area contributed by atoms with Crippen LogP contribution in [-0.2, 0) is 0 Å². The number of rotatable bonds is 2. The van der Waals surface area contributed by atoms with Crippen LogP contribution in [0.25, 0.3) is 0 Å². The molecular formula is C11H15FN2OS. The Balaban J connectivity index is 3.24. The van der Waals surface area contributed by atoms with Gasteiger partial charge in [-0.3, -0.25) is 0 Å². The molecule has 3 N–H and O–H groups in total. The Morgan fingerprint density at radius 3 is 2.56 bits per heavy atom. The summed E-state index contributed by atoms with van der Waals surface area (Å²) in [4.78, 5) is 0.669. The van der Waals surface area contributed by atoms with Gasteiger partial charge in [0.15, 0.2) is 5.84 Å². The molecule has 5 heteroatoms. The largest absolute Gasteiger partial charge is 0.409 e. The van der Waals surface area contributed by atoms with Gasteiger partial charge in [0.25, 0.3) is 0 Å². The average molecular weight is 242 g/mol. The SMILES string of the molecule is CC(C)(C)Sc1cccc(F)c1C(N)=NO. The van der Waals surface area contributed by atoms with Crippen molar-refractivity contribution in [2.45, 2.75) is 30.4 Å². The van der Waals surface area contributed by atoms with Gasteiger partial charge in [0.05, 0.1) is 5.56 Å². The molecule has 0 atom stereocenters. The first-order valence-electron chi connectivity index (χ1n) is 4.80. The first-order valence-corrected chi connectivity index (χ1v) is 5.62. The summed E-state index contributed by atoms with van der Waals surface area (Å²) in [5.74, 6) is -0.686. The van der Waals surface area contributed by atoms with Crippen LogP contribution in [0, 0.1) is 5.82 Å². The van der Waals surface area contributed by atoms with Crippen LogP contribution in [-0.4, -0.2) is 15.8 Å². The van der Waals surface area contributed by atoms with E-state index >= 15 is 0 Å². The van der Waals surface area contributed by atoms with Gasteiger partial charge in [-0.05, 0) is 12.1 Å². The molecule has 0 aliphatic heterocycles. The molecule has 0 radical (unpaired) electrons. The quantitative estimate of drug-likeness (QED) is 0.276. The zero-order chi connectivity index (χ0) is 12.3. The van der Waals surface area contributed by atoms with Crippen LogP contribution in [0.4, 0.5) is 4.39 Å². The van der Waals surface area contributed by atoms with E-state index in [2.05, 4.69) is 5.16 Å². The summed E-state index contributed by atoms with van der Waals surface area (Å²) in [6, 6.07) is 4.66. The maximum absolute atomic E-state index is 13.6. The average Bonchev–Trinajstić information content (AvgIpc) is 2.14. The predicted molar refractivity (Wildman–Crippen MR) is 64.5 cm³/mol. The minimum absolute atomic E-state index is 0.0712. The first kappa shape index (κ1) is 12.8.